The molecule has 0 aliphatic heterocycles. The minimum atomic E-state index is -0.818. The molecule has 0 heterocycles. The van der Waals surface area contributed by atoms with E-state index in [-0.39, 0.29) is 24.9 Å². The molecule has 0 aliphatic carbocycles. The van der Waals surface area contributed by atoms with Gasteiger partial charge in [0.1, 0.15) is 6.10 Å². The zero-order valence-electron chi connectivity index (χ0n) is 44.2. The molecule has 0 radical (unpaired) electrons. The zero-order valence-corrected chi connectivity index (χ0v) is 44.2. The molecule has 3 unspecified atom stereocenters. The summed E-state index contributed by atoms with van der Waals surface area (Å²) in [5.74, 6) is -0.583. The van der Waals surface area contributed by atoms with Crippen LogP contribution in [0.15, 0.2) is 109 Å². The minimum absolute atomic E-state index is 0.0163. The molecule has 0 aromatic rings. The van der Waals surface area contributed by atoms with Gasteiger partial charge in [-0.3, -0.25) is 9.59 Å². The van der Waals surface area contributed by atoms with Gasteiger partial charge >= 0.3 is 5.97 Å². The highest BCUT2D eigenvalue weighted by atomic mass is 16.5. The smallest absolute Gasteiger partial charge is 0.306 e. The second kappa shape index (κ2) is 54.5. The fraction of sp³-hybridized carbons (Fsp3) is 0.677. The van der Waals surface area contributed by atoms with Gasteiger partial charge in [0.2, 0.25) is 5.91 Å². The molecule has 0 fully saturated rings. The number of carbonyl (C=O) groups excluding carboxylic acids is 2. The monoisotopic (exact) mass is 944 g/mol. The van der Waals surface area contributed by atoms with Crippen molar-refractivity contribution in [2.24, 2.45) is 0 Å². The summed E-state index contributed by atoms with van der Waals surface area (Å²) in [7, 11) is 0. The van der Waals surface area contributed by atoms with E-state index in [2.05, 4.69) is 92.9 Å². The molecule has 388 valence electrons. The van der Waals surface area contributed by atoms with Crippen LogP contribution in [0.1, 0.15) is 245 Å². The third kappa shape index (κ3) is 49.0. The summed E-state index contributed by atoms with van der Waals surface area (Å²) < 4.78 is 5.90. The van der Waals surface area contributed by atoms with Crippen molar-refractivity contribution in [1.82, 2.24) is 5.32 Å². The Hall–Kier alpha value is -3.48. The molecule has 0 aliphatic rings. The van der Waals surface area contributed by atoms with E-state index in [0.717, 1.165) is 83.5 Å². The maximum Gasteiger partial charge on any atom is 0.306 e. The summed E-state index contributed by atoms with van der Waals surface area (Å²) >= 11 is 0. The molecule has 0 bridgehead atoms. The maximum atomic E-state index is 13.3. The molecule has 0 rings (SSSR count). The highest BCUT2D eigenvalue weighted by Crippen LogP contribution is 2.17. The predicted molar refractivity (Wildman–Crippen MR) is 296 cm³/mol. The average molecular weight is 945 g/mol. The van der Waals surface area contributed by atoms with E-state index in [4.69, 9.17) is 4.74 Å². The Morgan fingerprint density at radius 1 is 0.456 bits per heavy atom. The molecular formula is C62H105NO5. The van der Waals surface area contributed by atoms with Crippen LogP contribution < -0.4 is 5.32 Å². The van der Waals surface area contributed by atoms with Crippen LogP contribution in [0.2, 0.25) is 0 Å². The van der Waals surface area contributed by atoms with Gasteiger partial charge in [-0.1, -0.05) is 259 Å². The normalized spacial score (nSPS) is 14.0. The second-order valence-corrected chi connectivity index (χ2v) is 18.7. The molecule has 0 saturated carbocycles. The number of hydrogen-bond donors (Lipinski definition) is 3. The first-order valence-corrected chi connectivity index (χ1v) is 28.2. The van der Waals surface area contributed by atoms with Crippen LogP contribution in [-0.2, 0) is 14.3 Å². The molecule has 1 amide bonds. The Balaban J connectivity index is 4.73. The fourth-order valence-corrected chi connectivity index (χ4v) is 7.97. The third-order valence-electron chi connectivity index (χ3n) is 12.2. The van der Waals surface area contributed by atoms with E-state index >= 15 is 0 Å². The van der Waals surface area contributed by atoms with E-state index in [1.165, 1.54) is 116 Å². The fourth-order valence-electron chi connectivity index (χ4n) is 7.97. The number of unbranched alkanes of at least 4 members (excludes halogenated alkanes) is 23. The number of allylic oxidation sites excluding steroid dienone is 18. The van der Waals surface area contributed by atoms with Crippen molar-refractivity contribution in [3.8, 4) is 0 Å². The molecule has 0 aromatic heterocycles. The van der Waals surface area contributed by atoms with Crippen LogP contribution in [0.5, 0.6) is 0 Å². The number of ether oxygens (including phenoxy) is 1. The lowest BCUT2D eigenvalue weighted by molar-refractivity contribution is -0.151. The lowest BCUT2D eigenvalue weighted by atomic mass is 10.0. The first kappa shape index (κ1) is 64.5. The first-order chi connectivity index (χ1) is 33.5. The number of rotatable bonds is 49. The Labute approximate surface area is 419 Å². The van der Waals surface area contributed by atoms with Crippen molar-refractivity contribution in [3.63, 3.8) is 0 Å². The molecular weight excluding hydrogens is 839 g/mol. The lowest BCUT2D eigenvalue weighted by Crippen LogP contribution is -2.46. The molecule has 6 heteroatoms. The SMILES string of the molecule is CC/C=C/C=C/C=C\C=C/C=C/CCCCCC(=O)OC(CCC/C=C\C/C=C\C/C=C\C/C=C\CCCCC)CC(=O)NC(CO)C(O)CCCCCCCCCCCCCCCCCCC. The largest absolute Gasteiger partial charge is 0.462 e. The van der Waals surface area contributed by atoms with Gasteiger partial charge in [-0.15, -0.1) is 0 Å². The molecule has 0 saturated heterocycles. The second-order valence-electron chi connectivity index (χ2n) is 18.7. The number of carbonyl (C=O) groups is 2. The lowest BCUT2D eigenvalue weighted by Gasteiger charge is -2.24. The Morgan fingerprint density at radius 2 is 0.868 bits per heavy atom. The highest BCUT2D eigenvalue weighted by Gasteiger charge is 2.24. The third-order valence-corrected chi connectivity index (χ3v) is 12.2. The maximum absolute atomic E-state index is 13.3. The van der Waals surface area contributed by atoms with Crippen molar-refractivity contribution in [2.75, 3.05) is 6.61 Å². The van der Waals surface area contributed by atoms with Gasteiger partial charge in [-0.2, -0.15) is 0 Å². The van der Waals surface area contributed by atoms with Crippen LogP contribution in [0.25, 0.3) is 0 Å². The van der Waals surface area contributed by atoms with E-state index in [9.17, 15) is 19.8 Å². The van der Waals surface area contributed by atoms with Crippen LogP contribution >= 0.6 is 0 Å². The quantitative estimate of drug-likeness (QED) is 0.0244. The van der Waals surface area contributed by atoms with E-state index in [1.807, 2.05) is 42.5 Å². The van der Waals surface area contributed by atoms with Crippen molar-refractivity contribution in [3.05, 3.63) is 109 Å². The van der Waals surface area contributed by atoms with Crippen molar-refractivity contribution < 1.29 is 24.5 Å². The Kier molecular flexibility index (Phi) is 51.7. The van der Waals surface area contributed by atoms with E-state index in [0.29, 0.717) is 19.3 Å². The summed E-state index contributed by atoms with van der Waals surface area (Å²) in [4.78, 5) is 26.2. The topological polar surface area (TPSA) is 95.9 Å². The van der Waals surface area contributed by atoms with E-state index < -0.39 is 18.2 Å². The van der Waals surface area contributed by atoms with Crippen LogP contribution in [0, 0.1) is 0 Å². The summed E-state index contributed by atoms with van der Waals surface area (Å²) in [6, 6.07) is -0.736. The molecule has 3 N–H and O–H groups in total. The average Bonchev–Trinajstić information content (AvgIpc) is 3.33. The molecule has 0 spiro atoms. The number of esters is 1. The first-order valence-electron chi connectivity index (χ1n) is 28.2. The number of aliphatic hydroxyl groups is 2. The Morgan fingerprint density at radius 3 is 1.38 bits per heavy atom. The van der Waals surface area contributed by atoms with Gasteiger partial charge in [0, 0.05) is 6.42 Å². The zero-order chi connectivity index (χ0) is 49.5. The van der Waals surface area contributed by atoms with Gasteiger partial charge in [-0.25, -0.2) is 0 Å². The van der Waals surface area contributed by atoms with Gasteiger partial charge in [0.25, 0.3) is 0 Å². The van der Waals surface area contributed by atoms with Crippen LogP contribution in [0.3, 0.4) is 0 Å². The summed E-state index contributed by atoms with van der Waals surface area (Å²) in [6.45, 7) is 6.30. The van der Waals surface area contributed by atoms with Crippen molar-refractivity contribution in [1.29, 1.82) is 0 Å². The Bertz CT molecular complexity index is 1380. The predicted octanol–water partition coefficient (Wildman–Crippen LogP) is 17.5. The van der Waals surface area contributed by atoms with Crippen LogP contribution in [-0.4, -0.2) is 46.9 Å². The number of hydrogen-bond acceptors (Lipinski definition) is 5. The highest BCUT2D eigenvalue weighted by molar-refractivity contribution is 5.77. The van der Waals surface area contributed by atoms with E-state index in [1.54, 1.807) is 0 Å². The molecule has 0 aromatic carbocycles. The van der Waals surface area contributed by atoms with Gasteiger partial charge in [0.05, 0.1) is 25.2 Å². The number of nitrogens with one attached hydrogen (secondary N) is 1. The summed E-state index contributed by atoms with van der Waals surface area (Å²) in [6.07, 6.45) is 74.4. The molecule has 6 nitrogen and oxygen atoms in total. The van der Waals surface area contributed by atoms with Gasteiger partial charge in [-0.05, 0) is 83.5 Å². The molecule has 3 atom stereocenters. The molecule has 68 heavy (non-hydrogen) atoms. The van der Waals surface area contributed by atoms with Crippen molar-refractivity contribution >= 4 is 11.9 Å². The van der Waals surface area contributed by atoms with Gasteiger partial charge < -0.3 is 20.3 Å². The standard InChI is InChI=1S/C62H105NO5/c1-4-7-10-13-16-19-22-25-28-30-33-35-38-41-44-47-50-53-58(68-62(67)55-52-49-46-43-40-37-32-27-24-21-18-15-12-9-6-3)56-61(66)63-59(57-64)60(65)54-51-48-45-42-39-36-34-31-29-26-23-20-17-14-11-8-5-2/h9,12,15-16,18-19,21,24-25,27-28,32-33,35,37,40-41,44,58-60,64-65H,4-8,10-11,13-14,17,20,22-23,26,29-31,34,36,38-39,42-43,45-57H2,1-3H3,(H,63,66)/b12-9+,18-15+,19-16-,24-21-,28-25-,32-27-,35-33-,40-37+,44-41-. The minimum Gasteiger partial charge on any atom is -0.462 e. The van der Waals surface area contributed by atoms with Gasteiger partial charge in [0.15, 0.2) is 0 Å². The van der Waals surface area contributed by atoms with Crippen LogP contribution in [0.4, 0.5) is 0 Å². The van der Waals surface area contributed by atoms with Crippen molar-refractivity contribution in [2.45, 2.75) is 264 Å². The number of aliphatic hydroxyl groups excluding tert-OH is 2. The summed E-state index contributed by atoms with van der Waals surface area (Å²) in [5.41, 5.74) is 0. The summed E-state index contributed by atoms with van der Waals surface area (Å²) in [5, 5.41) is 23.9. The number of amides is 1.